The van der Waals surface area contributed by atoms with Gasteiger partial charge in [-0.05, 0) is 56.9 Å². The Morgan fingerprint density at radius 2 is 2.10 bits per heavy atom. The third-order valence-electron chi connectivity index (χ3n) is 3.54. The monoisotopic (exact) mass is 294 g/mol. The summed E-state index contributed by atoms with van der Waals surface area (Å²) in [5.74, 6) is -0.271. The van der Waals surface area contributed by atoms with E-state index < -0.39 is 5.60 Å². The number of amides is 1. The third kappa shape index (κ3) is 3.73. The second-order valence-corrected chi connectivity index (χ2v) is 6.60. The first kappa shape index (κ1) is 15.8. The zero-order valence-electron chi connectivity index (χ0n) is 13.1. The Morgan fingerprint density at radius 3 is 2.71 bits per heavy atom. The van der Waals surface area contributed by atoms with Crippen LogP contribution in [0.4, 0.5) is 9.18 Å². The molecule has 1 aliphatic rings. The molecule has 1 amide bonds. The van der Waals surface area contributed by atoms with Crippen molar-refractivity contribution >= 4 is 6.09 Å². The van der Waals surface area contributed by atoms with E-state index in [2.05, 4.69) is 0 Å². The molecule has 116 valence electrons. The topological polar surface area (TPSA) is 55.6 Å². The minimum Gasteiger partial charge on any atom is -0.444 e. The summed E-state index contributed by atoms with van der Waals surface area (Å²) < 4.78 is 19.2. The van der Waals surface area contributed by atoms with E-state index >= 15 is 0 Å². The van der Waals surface area contributed by atoms with Gasteiger partial charge in [-0.15, -0.1) is 0 Å². The highest BCUT2D eigenvalue weighted by Gasteiger charge is 2.27. The van der Waals surface area contributed by atoms with Crippen molar-refractivity contribution < 1.29 is 13.9 Å². The fourth-order valence-electron chi connectivity index (χ4n) is 2.44. The van der Waals surface area contributed by atoms with Crippen LogP contribution in [-0.2, 0) is 11.3 Å². The largest absolute Gasteiger partial charge is 0.444 e. The number of carbonyl (C=O) groups excluding carboxylic acids is 1. The number of carbonyl (C=O) groups is 1. The van der Waals surface area contributed by atoms with Gasteiger partial charge in [0.15, 0.2) is 0 Å². The fourth-order valence-corrected chi connectivity index (χ4v) is 2.44. The van der Waals surface area contributed by atoms with Crippen molar-refractivity contribution in [3.8, 4) is 0 Å². The summed E-state index contributed by atoms with van der Waals surface area (Å²) in [6.45, 7) is 8.03. The van der Waals surface area contributed by atoms with Gasteiger partial charge in [0.25, 0.3) is 0 Å². The molecule has 0 spiro atoms. The van der Waals surface area contributed by atoms with Gasteiger partial charge in [-0.2, -0.15) is 0 Å². The molecule has 0 aromatic heterocycles. The van der Waals surface area contributed by atoms with Crippen LogP contribution in [0.15, 0.2) is 12.1 Å². The van der Waals surface area contributed by atoms with Crippen molar-refractivity contribution in [1.82, 2.24) is 4.90 Å². The minimum atomic E-state index is -0.549. The number of ether oxygens (including phenoxy) is 1. The third-order valence-corrected chi connectivity index (χ3v) is 3.54. The Hall–Kier alpha value is -1.62. The van der Waals surface area contributed by atoms with Crippen LogP contribution in [0.25, 0.3) is 0 Å². The van der Waals surface area contributed by atoms with E-state index in [1.165, 1.54) is 6.07 Å². The van der Waals surface area contributed by atoms with E-state index in [4.69, 9.17) is 10.5 Å². The number of rotatable bonds is 0. The summed E-state index contributed by atoms with van der Waals surface area (Å²) in [6, 6.07) is 3.08. The lowest BCUT2D eigenvalue weighted by Gasteiger charge is -2.26. The van der Waals surface area contributed by atoms with E-state index in [1.807, 2.05) is 20.8 Å². The zero-order chi connectivity index (χ0) is 15.8. The SMILES string of the molecule is Cc1cc2c(cc1F)CN(C(=O)OC(C)(C)C)CC[C@@H]2N. The van der Waals surface area contributed by atoms with Crippen molar-refractivity contribution in [2.24, 2.45) is 5.73 Å². The Labute approximate surface area is 125 Å². The predicted molar refractivity (Wildman–Crippen MR) is 79.3 cm³/mol. The average molecular weight is 294 g/mol. The van der Waals surface area contributed by atoms with Gasteiger partial charge in [0.2, 0.25) is 0 Å². The molecule has 0 radical (unpaired) electrons. The van der Waals surface area contributed by atoms with Crippen LogP contribution in [-0.4, -0.2) is 23.1 Å². The van der Waals surface area contributed by atoms with Crippen molar-refractivity contribution in [2.75, 3.05) is 6.54 Å². The molecule has 1 aromatic rings. The van der Waals surface area contributed by atoms with Gasteiger partial charge < -0.3 is 15.4 Å². The molecule has 1 aliphatic heterocycles. The van der Waals surface area contributed by atoms with E-state index in [0.717, 1.165) is 11.1 Å². The van der Waals surface area contributed by atoms with Crippen molar-refractivity contribution in [3.05, 3.63) is 34.6 Å². The molecule has 1 heterocycles. The lowest BCUT2D eigenvalue weighted by molar-refractivity contribution is 0.0235. The summed E-state index contributed by atoms with van der Waals surface area (Å²) in [6.07, 6.45) is 0.251. The molecule has 0 bridgehead atoms. The van der Waals surface area contributed by atoms with Crippen molar-refractivity contribution in [2.45, 2.75) is 52.3 Å². The predicted octanol–water partition coefficient (Wildman–Crippen LogP) is 3.27. The number of nitrogens with two attached hydrogens (primary N) is 1. The average Bonchev–Trinajstić information content (AvgIpc) is 2.49. The molecule has 0 aliphatic carbocycles. The standard InChI is InChI=1S/C16H23FN2O2/c1-10-7-12-11(8-13(10)17)9-19(6-5-14(12)18)15(20)21-16(2,3)4/h7-8,14H,5-6,9,18H2,1-4H3/t14-/m0/s1. The van der Waals surface area contributed by atoms with Gasteiger partial charge in [-0.25, -0.2) is 9.18 Å². The molecule has 1 aromatic carbocycles. The van der Waals surface area contributed by atoms with Crippen LogP contribution in [0.1, 0.15) is 49.9 Å². The number of halogens is 1. The van der Waals surface area contributed by atoms with E-state index in [9.17, 15) is 9.18 Å². The Kier molecular flexibility index (Phi) is 4.23. The quantitative estimate of drug-likeness (QED) is 0.799. The van der Waals surface area contributed by atoms with Gasteiger partial charge in [0.1, 0.15) is 11.4 Å². The van der Waals surface area contributed by atoms with Crippen LogP contribution in [0.5, 0.6) is 0 Å². The lowest BCUT2D eigenvalue weighted by Crippen LogP contribution is -2.36. The minimum absolute atomic E-state index is 0.188. The Balaban J connectivity index is 2.27. The molecule has 0 saturated carbocycles. The molecule has 2 rings (SSSR count). The van der Waals surface area contributed by atoms with Crippen molar-refractivity contribution in [1.29, 1.82) is 0 Å². The van der Waals surface area contributed by atoms with E-state index in [0.29, 0.717) is 25.1 Å². The molecule has 0 unspecified atom stereocenters. The molecule has 2 N–H and O–H groups in total. The lowest BCUT2D eigenvalue weighted by atomic mass is 9.97. The van der Waals surface area contributed by atoms with Gasteiger partial charge in [0.05, 0.1) is 0 Å². The second kappa shape index (κ2) is 5.64. The fraction of sp³-hybridized carbons (Fsp3) is 0.562. The van der Waals surface area contributed by atoms with E-state index in [1.54, 1.807) is 17.9 Å². The highest BCUT2D eigenvalue weighted by Crippen LogP contribution is 2.28. The van der Waals surface area contributed by atoms with Crippen LogP contribution < -0.4 is 5.73 Å². The van der Waals surface area contributed by atoms with Crippen LogP contribution in [0.2, 0.25) is 0 Å². The van der Waals surface area contributed by atoms with Gasteiger partial charge in [-0.3, -0.25) is 0 Å². The molecule has 4 nitrogen and oxygen atoms in total. The zero-order valence-corrected chi connectivity index (χ0v) is 13.1. The smallest absolute Gasteiger partial charge is 0.410 e. The molecule has 5 heteroatoms. The van der Waals surface area contributed by atoms with Crippen LogP contribution in [0.3, 0.4) is 0 Å². The highest BCUT2D eigenvalue weighted by molar-refractivity contribution is 5.68. The van der Waals surface area contributed by atoms with E-state index in [-0.39, 0.29) is 18.0 Å². The summed E-state index contributed by atoms with van der Waals surface area (Å²) >= 11 is 0. The number of benzene rings is 1. The second-order valence-electron chi connectivity index (χ2n) is 6.60. The van der Waals surface area contributed by atoms with Gasteiger partial charge in [-0.1, -0.05) is 6.07 Å². The maximum atomic E-state index is 13.8. The number of fused-ring (bicyclic) bond motifs is 1. The van der Waals surface area contributed by atoms with Crippen LogP contribution >= 0.6 is 0 Å². The summed E-state index contributed by atoms with van der Waals surface area (Å²) in [5, 5.41) is 0. The Bertz CT molecular complexity index is 552. The molecular weight excluding hydrogens is 271 g/mol. The summed E-state index contributed by atoms with van der Waals surface area (Å²) in [5.41, 5.74) is 7.86. The Morgan fingerprint density at radius 1 is 1.43 bits per heavy atom. The molecule has 0 saturated heterocycles. The van der Waals surface area contributed by atoms with Crippen LogP contribution in [0, 0.1) is 12.7 Å². The highest BCUT2D eigenvalue weighted by atomic mass is 19.1. The number of nitrogens with zero attached hydrogens (tertiary/aromatic N) is 1. The summed E-state index contributed by atoms with van der Waals surface area (Å²) in [4.78, 5) is 13.8. The molecule has 21 heavy (non-hydrogen) atoms. The van der Waals surface area contributed by atoms with Gasteiger partial charge in [0, 0.05) is 19.1 Å². The van der Waals surface area contributed by atoms with Gasteiger partial charge >= 0.3 is 6.09 Å². The molecule has 1 atom stereocenters. The summed E-state index contributed by atoms with van der Waals surface area (Å²) in [7, 11) is 0. The number of hydrogen-bond acceptors (Lipinski definition) is 3. The maximum Gasteiger partial charge on any atom is 0.410 e. The maximum absolute atomic E-state index is 13.8. The molecule has 0 fully saturated rings. The van der Waals surface area contributed by atoms with Crippen molar-refractivity contribution in [3.63, 3.8) is 0 Å². The first-order valence-electron chi connectivity index (χ1n) is 7.20. The number of aryl methyl sites for hydroxylation is 1. The first-order valence-corrected chi connectivity index (χ1v) is 7.20. The first-order chi connectivity index (χ1) is 9.67. The molecular formula is C16H23FN2O2. The number of hydrogen-bond donors (Lipinski definition) is 1. The normalized spacial score (nSPS) is 19.0.